The highest BCUT2D eigenvalue weighted by atomic mass is 35.5. The van der Waals surface area contributed by atoms with E-state index in [0.717, 1.165) is 6.42 Å². The molecule has 0 aromatic heterocycles. The van der Waals surface area contributed by atoms with E-state index < -0.39 is 4.92 Å². The molecule has 0 saturated heterocycles. The molecule has 5 nitrogen and oxygen atoms in total. The zero-order valence-corrected chi connectivity index (χ0v) is 12.0. The third-order valence-electron chi connectivity index (χ3n) is 2.79. The van der Waals surface area contributed by atoms with E-state index in [-0.39, 0.29) is 22.2 Å². The van der Waals surface area contributed by atoms with Gasteiger partial charge in [0.1, 0.15) is 10.6 Å². The molecule has 0 heterocycles. The summed E-state index contributed by atoms with van der Waals surface area (Å²) >= 11 is 5.79. The summed E-state index contributed by atoms with van der Waals surface area (Å²) in [5, 5.41) is 11.0. The van der Waals surface area contributed by atoms with Crippen LogP contribution in [-0.4, -0.2) is 29.3 Å². The molecule has 0 N–H and O–H groups in total. The number of hydrogen-bond donors (Lipinski definition) is 0. The summed E-state index contributed by atoms with van der Waals surface area (Å²) in [4.78, 5) is 24.0. The van der Waals surface area contributed by atoms with Crippen LogP contribution in [0.1, 0.15) is 30.6 Å². The largest absolute Gasteiger partial charge is 0.341 e. The second kappa shape index (κ2) is 6.52. The van der Waals surface area contributed by atoms with Gasteiger partial charge in [-0.2, -0.15) is 0 Å². The van der Waals surface area contributed by atoms with E-state index >= 15 is 0 Å². The predicted molar refractivity (Wildman–Crippen MR) is 74.5 cm³/mol. The van der Waals surface area contributed by atoms with Gasteiger partial charge in [0.05, 0.1) is 4.92 Å². The molecule has 0 saturated carbocycles. The smallest absolute Gasteiger partial charge is 0.300 e. The van der Waals surface area contributed by atoms with Gasteiger partial charge >= 0.3 is 5.69 Å². The second-order valence-corrected chi connectivity index (χ2v) is 5.21. The number of benzene rings is 1. The lowest BCUT2D eigenvalue weighted by atomic mass is 10.1. The molecule has 19 heavy (non-hydrogen) atoms. The first-order chi connectivity index (χ1) is 8.84. The van der Waals surface area contributed by atoms with Gasteiger partial charge in [0.15, 0.2) is 0 Å². The van der Waals surface area contributed by atoms with Gasteiger partial charge in [-0.05, 0) is 24.5 Å². The molecule has 1 amide bonds. The monoisotopic (exact) mass is 284 g/mol. The Morgan fingerprint density at radius 3 is 2.63 bits per heavy atom. The number of amides is 1. The van der Waals surface area contributed by atoms with Crippen LogP contribution < -0.4 is 0 Å². The van der Waals surface area contributed by atoms with Gasteiger partial charge in [-0.1, -0.05) is 31.5 Å². The molecule has 0 radical (unpaired) electrons. The van der Waals surface area contributed by atoms with E-state index in [1.807, 2.05) is 0 Å². The molecule has 0 unspecified atom stereocenters. The number of nitro groups is 1. The lowest BCUT2D eigenvalue weighted by Crippen LogP contribution is -2.29. The molecule has 0 fully saturated rings. The third kappa shape index (κ3) is 3.92. The number of nitro benzene ring substituents is 1. The van der Waals surface area contributed by atoms with Gasteiger partial charge < -0.3 is 4.90 Å². The normalized spacial score (nSPS) is 10.6. The van der Waals surface area contributed by atoms with Crippen LogP contribution in [0.25, 0.3) is 0 Å². The van der Waals surface area contributed by atoms with Crippen molar-refractivity contribution < 1.29 is 9.72 Å². The number of para-hydroxylation sites is 1. The minimum absolute atomic E-state index is 0.0203. The van der Waals surface area contributed by atoms with Crippen LogP contribution in [0.15, 0.2) is 18.2 Å². The van der Waals surface area contributed by atoms with Crippen molar-refractivity contribution >= 4 is 23.2 Å². The Hall–Kier alpha value is -1.62. The SMILES string of the molecule is CC(C)CCN(C)C(=O)c1cccc(Cl)c1[N+](=O)[O-]. The minimum atomic E-state index is -0.619. The van der Waals surface area contributed by atoms with Crippen molar-refractivity contribution in [2.75, 3.05) is 13.6 Å². The molecule has 1 aromatic rings. The number of rotatable bonds is 5. The van der Waals surface area contributed by atoms with Gasteiger partial charge in [-0.25, -0.2) is 0 Å². The van der Waals surface area contributed by atoms with E-state index in [0.29, 0.717) is 12.5 Å². The molecule has 6 heteroatoms. The zero-order valence-electron chi connectivity index (χ0n) is 11.2. The number of halogens is 1. The maximum absolute atomic E-state index is 12.2. The van der Waals surface area contributed by atoms with Crippen LogP contribution in [0.5, 0.6) is 0 Å². The molecule has 0 bridgehead atoms. The summed E-state index contributed by atoms with van der Waals surface area (Å²) in [7, 11) is 1.63. The maximum Gasteiger partial charge on any atom is 0.300 e. The van der Waals surface area contributed by atoms with Crippen LogP contribution in [0.3, 0.4) is 0 Å². The molecule has 0 atom stereocenters. The Kier molecular flexibility index (Phi) is 5.30. The number of carbonyl (C=O) groups excluding carboxylic acids is 1. The van der Waals surface area contributed by atoms with Crippen molar-refractivity contribution in [3.05, 3.63) is 38.9 Å². The minimum Gasteiger partial charge on any atom is -0.341 e. The number of carbonyl (C=O) groups is 1. The van der Waals surface area contributed by atoms with Gasteiger partial charge in [0.2, 0.25) is 0 Å². The van der Waals surface area contributed by atoms with Gasteiger partial charge in [0.25, 0.3) is 5.91 Å². The molecule has 0 aliphatic carbocycles. The van der Waals surface area contributed by atoms with Crippen LogP contribution in [0, 0.1) is 16.0 Å². The number of nitrogens with zero attached hydrogens (tertiary/aromatic N) is 2. The summed E-state index contributed by atoms with van der Waals surface area (Å²) in [6.07, 6.45) is 0.844. The fourth-order valence-corrected chi connectivity index (χ4v) is 1.88. The standard InChI is InChI=1S/C13H17ClN2O3/c1-9(2)7-8-15(3)13(17)10-5-4-6-11(14)12(10)16(18)19/h4-6,9H,7-8H2,1-3H3. The highest BCUT2D eigenvalue weighted by Crippen LogP contribution is 2.28. The first-order valence-electron chi connectivity index (χ1n) is 6.03. The van der Waals surface area contributed by atoms with Crippen molar-refractivity contribution in [2.24, 2.45) is 5.92 Å². The Morgan fingerprint density at radius 2 is 2.11 bits per heavy atom. The maximum atomic E-state index is 12.2. The van der Waals surface area contributed by atoms with Crippen molar-refractivity contribution in [1.29, 1.82) is 0 Å². The predicted octanol–water partition coefficient (Wildman–Crippen LogP) is 3.37. The Labute approximate surface area is 117 Å². The fraction of sp³-hybridized carbons (Fsp3) is 0.462. The number of hydrogen-bond acceptors (Lipinski definition) is 3. The fourth-order valence-electron chi connectivity index (χ4n) is 1.63. The highest BCUT2D eigenvalue weighted by Gasteiger charge is 2.25. The average molecular weight is 285 g/mol. The molecular formula is C13H17ClN2O3. The van der Waals surface area contributed by atoms with Crippen molar-refractivity contribution in [1.82, 2.24) is 4.90 Å². The van der Waals surface area contributed by atoms with E-state index in [9.17, 15) is 14.9 Å². The van der Waals surface area contributed by atoms with Crippen LogP contribution in [-0.2, 0) is 0 Å². The molecule has 0 aliphatic rings. The third-order valence-corrected chi connectivity index (χ3v) is 3.09. The van der Waals surface area contributed by atoms with Gasteiger partial charge in [0, 0.05) is 13.6 Å². The second-order valence-electron chi connectivity index (χ2n) is 4.80. The van der Waals surface area contributed by atoms with Crippen LogP contribution >= 0.6 is 11.6 Å². The summed E-state index contributed by atoms with van der Waals surface area (Å²) in [5.74, 6) is 0.0828. The summed E-state index contributed by atoms with van der Waals surface area (Å²) < 4.78 is 0. The van der Waals surface area contributed by atoms with E-state index in [2.05, 4.69) is 13.8 Å². The van der Waals surface area contributed by atoms with E-state index in [1.165, 1.54) is 17.0 Å². The Balaban J connectivity index is 2.99. The lowest BCUT2D eigenvalue weighted by molar-refractivity contribution is -0.385. The van der Waals surface area contributed by atoms with Gasteiger partial charge in [-0.15, -0.1) is 0 Å². The zero-order chi connectivity index (χ0) is 14.6. The Bertz CT molecular complexity index is 489. The molecule has 1 aromatic carbocycles. The molecule has 0 spiro atoms. The van der Waals surface area contributed by atoms with Crippen molar-refractivity contribution in [3.8, 4) is 0 Å². The van der Waals surface area contributed by atoms with Crippen LogP contribution in [0.2, 0.25) is 5.02 Å². The van der Waals surface area contributed by atoms with Crippen molar-refractivity contribution in [3.63, 3.8) is 0 Å². The quantitative estimate of drug-likeness (QED) is 0.615. The molecule has 0 aliphatic heterocycles. The van der Waals surface area contributed by atoms with E-state index in [4.69, 9.17) is 11.6 Å². The first-order valence-corrected chi connectivity index (χ1v) is 6.40. The lowest BCUT2D eigenvalue weighted by Gasteiger charge is -2.18. The topological polar surface area (TPSA) is 63.5 Å². The summed E-state index contributed by atoms with van der Waals surface area (Å²) in [5.41, 5.74) is -0.297. The average Bonchev–Trinajstić information content (AvgIpc) is 2.34. The molecule has 1 rings (SSSR count). The van der Waals surface area contributed by atoms with Crippen LogP contribution in [0.4, 0.5) is 5.69 Å². The Morgan fingerprint density at radius 1 is 1.47 bits per heavy atom. The van der Waals surface area contributed by atoms with Gasteiger partial charge in [-0.3, -0.25) is 14.9 Å². The summed E-state index contributed by atoms with van der Waals surface area (Å²) in [6, 6.07) is 4.38. The molecule has 104 valence electrons. The summed E-state index contributed by atoms with van der Waals surface area (Å²) in [6.45, 7) is 4.67. The highest BCUT2D eigenvalue weighted by molar-refractivity contribution is 6.33. The van der Waals surface area contributed by atoms with E-state index in [1.54, 1.807) is 13.1 Å². The first kappa shape index (κ1) is 15.4. The molecular weight excluding hydrogens is 268 g/mol. The van der Waals surface area contributed by atoms with Crippen molar-refractivity contribution in [2.45, 2.75) is 20.3 Å².